The van der Waals surface area contributed by atoms with Crippen molar-refractivity contribution < 1.29 is 13.6 Å². The van der Waals surface area contributed by atoms with Crippen LogP contribution in [0.5, 0.6) is 0 Å². The number of amides is 1. The van der Waals surface area contributed by atoms with Crippen LogP contribution in [-0.2, 0) is 24.8 Å². The Morgan fingerprint density at radius 2 is 1.75 bits per heavy atom. The van der Waals surface area contributed by atoms with Crippen molar-refractivity contribution in [3.05, 3.63) is 71.6 Å². The molecule has 1 amide bonds. The fourth-order valence-corrected chi connectivity index (χ4v) is 3.25. The van der Waals surface area contributed by atoms with Gasteiger partial charge in [-0.1, -0.05) is 36.4 Å². The van der Waals surface area contributed by atoms with Crippen LogP contribution in [0, 0.1) is 11.6 Å². The Hall–Kier alpha value is -3.09. The molecule has 5 nitrogen and oxygen atoms in total. The molecule has 0 radical (unpaired) electrons. The second-order valence-electron chi connectivity index (χ2n) is 6.99. The first-order valence-corrected chi connectivity index (χ1v) is 9.20. The Morgan fingerprint density at radius 1 is 1.07 bits per heavy atom. The molecule has 1 fully saturated rings. The number of aromatic nitrogens is 3. The summed E-state index contributed by atoms with van der Waals surface area (Å²) in [4.78, 5) is 14.5. The summed E-state index contributed by atoms with van der Waals surface area (Å²) in [7, 11) is 1.81. The van der Waals surface area contributed by atoms with Crippen molar-refractivity contribution in [2.75, 3.05) is 0 Å². The standard InChI is InChI=1S/C21H20F2N4O/c1-26-19(24-25-21(26)14-6-3-2-4-7-14)12-20(28)27(15-10-11-15)13-16-17(22)8-5-9-18(16)23/h2-9,15H,10-13H2,1H3. The molecule has 0 N–H and O–H groups in total. The molecule has 0 atom stereocenters. The maximum absolute atomic E-state index is 14.0. The molecule has 1 saturated carbocycles. The Kier molecular flexibility index (Phi) is 4.90. The van der Waals surface area contributed by atoms with Gasteiger partial charge < -0.3 is 9.47 Å². The van der Waals surface area contributed by atoms with Gasteiger partial charge in [0.05, 0.1) is 13.0 Å². The lowest BCUT2D eigenvalue weighted by Gasteiger charge is -2.23. The SMILES string of the molecule is Cn1c(CC(=O)N(Cc2c(F)cccc2F)C2CC2)nnc1-c1ccccc1. The third kappa shape index (κ3) is 3.65. The Bertz CT molecular complexity index is 979. The van der Waals surface area contributed by atoms with Crippen molar-refractivity contribution in [3.63, 3.8) is 0 Å². The largest absolute Gasteiger partial charge is 0.335 e. The Labute approximate surface area is 161 Å². The average molecular weight is 382 g/mol. The lowest BCUT2D eigenvalue weighted by molar-refractivity contribution is -0.131. The molecule has 0 bridgehead atoms. The number of carbonyl (C=O) groups excluding carboxylic acids is 1. The first kappa shape index (κ1) is 18.3. The van der Waals surface area contributed by atoms with Crippen LogP contribution < -0.4 is 0 Å². The first-order chi connectivity index (χ1) is 13.5. The Balaban J connectivity index is 1.54. The van der Waals surface area contributed by atoms with Gasteiger partial charge in [0.2, 0.25) is 5.91 Å². The third-order valence-electron chi connectivity index (χ3n) is 5.00. The lowest BCUT2D eigenvalue weighted by atomic mass is 10.1. The number of carbonyl (C=O) groups is 1. The zero-order valence-corrected chi connectivity index (χ0v) is 15.5. The van der Waals surface area contributed by atoms with Gasteiger partial charge in [-0.3, -0.25) is 4.79 Å². The molecule has 4 rings (SSSR count). The van der Waals surface area contributed by atoms with E-state index in [1.165, 1.54) is 18.2 Å². The molecule has 0 spiro atoms. The van der Waals surface area contributed by atoms with E-state index in [2.05, 4.69) is 10.2 Å². The highest BCUT2D eigenvalue weighted by molar-refractivity contribution is 5.79. The molecule has 1 aromatic heterocycles. The van der Waals surface area contributed by atoms with Crippen LogP contribution in [-0.4, -0.2) is 31.6 Å². The van der Waals surface area contributed by atoms with Crippen molar-refractivity contribution >= 4 is 5.91 Å². The summed E-state index contributed by atoms with van der Waals surface area (Å²) in [5.74, 6) is -0.294. The fourth-order valence-electron chi connectivity index (χ4n) is 3.25. The minimum atomic E-state index is -0.636. The van der Waals surface area contributed by atoms with Crippen molar-refractivity contribution in [1.29, 1.82) is 0 Å². The molecule has 3 aromatic rings. The van der Waals surface area contributed by atoms with E-state index in [0.29, 0.717) is 11.6 Å². The Morgan fingerprint density at radius 3 is 2.39 bits per heavy atom. The van der Waals surface area contributed by atoms with E-state index in [-0.39, 0.29) is 30.5 Å². The zero-order chi connectivity index (χ0) is 19.7. The number of nitrogens with zero attached hydrogens (tertiary/aromatic N) is 4. The van der Waals surface area contributed by atoms with E-state index in [4.69, 9.17) is 0 Å². The van der Waals surface area contributed by atoms with E-state index < -0.39 is 11.6 Å². The van der Waals surface area contributed by atoms with E-state index in [9.17, 15) is 13.6 Å². The summed E-state index contributed by atoms with van der Waals surface area (Å²) in [5.41, 5.74) is 0.828. The topological polar surface area (TPSA) is 51.0 Å². The van der Waals surface area contributed by atoms with Gasteiger partial charge in [0.15, 0.2) is 5.82 Å². The van der Waals surface area contributed by atoms with Crippen molar-refractivity contribution in [1.82, 2.24) is 19.7 Å². The van der Waals surface area contributed by atoms with E-state index >= 15 is 0 Å². The number of halogens is 2. The number of rotatable bonds is 6. The quantitative estimate of drug-likeness (QED) is 0.656. The minimum Gasteiger partial charge on any atom is -0.335 e. The molecule has 0 aliphatic heterocycles. The summed E-state index contributed by atoms with van der Waals surface area (Å²) >= 11 is 0. The fraction of sp³-hybridized carbons (Fsp3) is 0.286. The first-order valence-electron chi connectivity index (χ1n) is 9.20. The van der Waals surface area contributed by atoms with Gasteiger partial charge >= 0.3 is 0 Å². The van der Waals surface area contributed by atoms with Crippen LogP contribution in [0.1, 0.15) is 24.2 Å². The second kappa shape index (κ2) is 7.50. The normalized spacial score (nSPS) is 13.5. The van der Waals surface area contributed by atoms with Gasteiger partial charge in [0.1, 0.15) is 17.5 Å². The van der Waals surface area contributed by atoms with E-state index in [1.54, 1.807) is 9.47 Å². The molecule has 7 heteroatoms. The molecule has 28 heavy (non-hydrogen) atoms. The molecule has 0 saturated heterocycles. The van der Waals surface area contributed by atoms with Gasteiger partial charge in [0.25, 0.3) is 0 Å². The summed E-state index contributed by atoms with van der Waals surface area (Å²) in [6.07, 6.45) is 1.72. The third-order valence-corrected chi connectivity index (χ3v) is 5.00. The summed E-state index contributed by atoms with van der Waals surface area (Å²) < 4.78 is 29.9. The van der Waals surface area contributed by atoms with E-state index in [0.717, 1.165) is 18.4 Å². The smallest absolute Gasteiger partial charge is 0.230 e. The molecular weight excluding hydrogens is 362 g/mol. The van der Waals surface area contributed by atoms with Crippen LogP contribution in [0.4, 0.5) is 8.78 Å². The number of hydrogen-bond donors (Lipinski definition) is 0. The molecule has 144 valence electrons. The second-order valence-corrected chi connectivity index (χ2v) is 6.99. The highest BCUT2D eigenvalue weighted by Crippen LogP contribution is 2.30. The maximum atomic E-state index is 14.0. The summed E-state index contributed by atoms with van der Waals surface area (Å²) in [6, 6.07) is 13.3. The summed E-state index contributed by atoms with van der Waals surface area (Å²) in [5, 5.41) is 8.35. The lowest BCUT2D eigenvalue weighted by Crippen LogP contribution is -2.35. The van der Waals surface area contributed by atoms with Gasteiger partial charge in [-0.2, -0.15) is 0 Å². The zero-order valence-electron chi connectivity index (χ0n) is 15.5. The average Bonchev–Trinajstić information content (AvgIpc) is 3.46. The van der Waals surface area contributed by atoms with Crippen molar-refractivity contribution in [2.24, 2.45) is 7.05 Å². The van der Waals surface area contributed by atoms with Crippen LogP contribution in [0.25, 0.3) is 11.4 Å². The van der Waals surface area contributed by atoms with Gasteiger partial charge in [0, 0.05) is 24.2 Å². The maximum Gasteiger partial charge on any atom is 0.230 e. The molecule has 1 heterocycles. The van der Waals surface area contributed by atoms with Gasteiger partial charge in [-0.05, 0) is 25.0 Å². The minimum absolute atomic E-state index is 0.0216. The van der Waals surface area contributed by atoms with Crippen LogP contribution in [0.15, 0.2) is 48.5 Å². The van der Waals surface area contributed by atoms with Crippen LogP contribution >= 0.6 is 0 Å². The molecular formula is C21H20F2N4O. The predicted octanol–water partition coefficient (Wildman–Crippen LogP) is 3.49. The predicted molar refractivity (Wildman–Crippen MR) is 100 cm³/mol. The molecule has 1 aliphatic carbocycles. The van der Waals surface area contributed by atoms with Crippen LogP contribution in [0.2, 0.25) is 0 Å². The van der Waals surface area contributed by atoms with E-state index in [1.807, 2.05) is 37.4 Å². The van der Waals surface area contributed by atoms with Crippen LogP contribution in [0.3, 0.4) is 0 Å². The molecule has 2 aromatic carbocycles. The van der Waals surface area contributed by atoms with Crippen molar-refractivity contribution in [2.45, 2.75) is 31.8 Å². The van der Waals surface area contributed by atoms with Gasteiger partial charge in [-0.15, -0.1) is 10.2 Å². The number of hydrogen-bond acceptors (Lipinski definition) is 3. The summed E-state index contributed by atoms with van der Waals surface area (Å²) in [6.45, 7) is -0.0780. The molecule has 1 aliphatic rings. The number of benzene rings is 2. The highest BCUT2D eigenvalue weighted by atomic mass is 19.1. The monoisotopic (exact) mass is 382 g/mol. The highest BCUT2D eigenvalue weighted by Gasteiger charge is 2.34. The molecule has 0 unspecified atom stereocenters. The van der Waals surface area contributed by atoms with Crippen molar-refractivity contribution in [3.8, 4) is 11.4 Å². The van der Waals surface area contributed by atoms with Gasteiger partial charge in [-0.25, -0.2) is 8.78 Å².